The third-order valence-corrected chi connectivity index (χ3v) is 5.78. The number of para-hydroxylation sites is 2. The van der Waals surface area contributed by atoms with Crippen LogP contribution in [0.4, 0.5) is 11.4 Å². The maximum Gasteiger partial charge on any atom is 0.163 e. The quantitative estimate of drug-likeness (QED) is 0.557. The molecule has 3 aromatic rings. The fourth-order valence-electron chi connectivity index (χ4n) is 4.41. The van der Waals surface area contributed by atoms with Crippen molar-refractivity contribution < 1.29 is 9.90 Å². The van der Waals surface area contributed by atoms with Gasteiger partial charge in [-0.1, -0.05) is 54.6 Å². The van der Waals surface area contributed by atoms with Crippen LogP contribution < -0.4 is 10.6 Å². The first-order chi connectivity index (χ1) is 14.2. The molecule has 0 saturated heterocycles. The molecule has 0 fully saturated rings. The minimum absolute atomic E-state index is 0.140. The van der Waals surface area contributed by atoms with Gasteiger partial charge in [0.2, 0.25) is 0 Å². The van der Waals surface area contributed by atoms with Gasteiger partial charge in [0.15, 0.2) is 5.78 Å². The van der Waals surface area contributed by atoms with E-state index in [2.05, 4.69) is 22.8 Å². The molecule has 0 aromatic heterocycles. The van der Waals surface area contributed by atoms with Gasteiger partial charge in [-0.2, -0.15) is 0 Å². The second-order valence-electron chi connectivity index (χ2n) is 7.67. The largest absolute Gasteiger partial charge is 0.508 e. The van der Waals surface area contributed by atoms with Gasteiger partial charge in [-0.15, -0.1) is 0 Å². The Bertz CT molecular complexity index is 1100. The van der Waals surface area contributed by atoms with Gasteiger partial charge >= 0.3 is 0 Å². The lowest BCUT2D eigenvalue weighted by Gasteiger charge is -2.30. The summed E-state index contributed by atoms with van der Waals surface area (Å²) in [5.74, 6) is 0.494. The molecule has 4 nitrogen and oxygen atoms in total. The Balaban J connectivity index is 1.63. The molecule has 1 heterocycles. The number of carbonyl (C=O) groups is 1. The highest BCUT2D eigenvalue weighted by atomic mass is 16.3. The standard InChI is InChI=1S/C25H22N2O2/c28-19-10-6-9-17(13-19)25-24-22(26-20-11-4-5-12-21(20)27-25)14-18(15-23(24)29)16-7-2-1-3-8-16/h1-13,18,25-28H,14-15H2/t18-,25+/m1/s1. The number of ketones is 1. The van der Waals surface area contributed by atoms with Crippen molar-refractivity contribution in [3.8, 4) is 5.75 Å². The average Bonchev–Trinajstić information content (AvgIpc) is 2.91. The second kappa shape index (κ2) is 7.13. The van der Waals surface area contributed by atoms with E-state index in [0.29, 0.717) is 6.42 Å². The number of phenols is 1. The number of fused-ring (bicyclic) bond motifs is 1. The topological polar surface area (TPSA) is 61.4 Å². The first kappa shape index (κ1) is 17.6. The second-order valence-corrected chi connectivity index (χ2v) is 7.67. The van der Waals surface area contributed by atoms with Crippen LogP contribution in [-0.4, -0.2) is 10.9 Å². The zero-order valence-corrected chi connectivity index (χ0v) is 15.9. The van der Waals surface area contributed by atoms with Crippen LogP contribution in [0.15, 0.2) is 90.1 Å². The monoisotopic (exact) mass is 382 g/mol. The molecule has 0 unspecified atom stereocenters. The van der Waals surface area contributed by atoms with Gasteiger partial charge < -0.3 is 15.7 Å². The van der Waals surface area contributed by atoms with Crippen LogP contribution in [0.25, 0.3) is 0 Å². The molecule has 2 atom stereocenters. The van der Waals surface area contributed by atoms with Crippen molar-refractivity contribution in [3.63, 3.8) is 0 Å². The number of hydrogen-bond donors (Lipinski definition) is 3. The van der Waals surface area contributed by atoms with Crippen molar-refractivity contribution in [3.05, 3.63) is 101 Å². The number of carbonyl (C=O) groups excluding carboxylic acids is 1. The average molecular weight is 382 g/mol. The van der Waals surface area contributed by atoms with Crippen LogP contribution in [-0.2, 0) is 4.79 Å². The van der Waals surface area contributed by atoms with Crippen molar-refractivity contribution in [2.45, 2.75) is 24.8 Å². The highest BCUT2D eigenvalue weighted by molar-refractivity contribution is 6.01. The van der Waals surface area contributed by atoms with E-state index in [1.807, 2.05) is 54.6 Å². The first-order valence-corrected chi connectivity index (χ1v) is 9.92. The molecular weight excluding hydrogens is 360 g/mol. The summed E-state index contributed by atoms with van der Waals surface area (Å²) >= 11 is 0. The molecule has 3 N–H and O–H groups in total. The van der Waals surface area contributed by atoms with Crippen molar-refractivity contribution >= 4 is 17.2 Å². The molecule has 0 bridgehead atoms. The summed E-state index contributed by atoms with van der Waals surface area (Å²) in [7, 11) is 0. The Morgan fingerprint density at radius 1 is 0.793 bits per heavy atom. The number of nitrogens with one attached hydrogen (secondary N) is 2. The van der Waals surface area contributed by atoms with Gasteiger partial charge in [0.1, 0.15) is 5.75 Å². The van der Waals surface area contributed by atoms with Crippen LogP contribution in [0.5, 0.6) is 5.75 Å². The van der Waals surface area contributed by atoms with E-state index in [1.165, 1.54) is 5.56 Å². The van der Waals surface area contributed by atoms with E-state index >= 15 is 0 Å². The van der Waals surface area contributed by atoms with E-state index < -0.39 is 0 Å². The molecule has 0 amide bonds. The number of rotatable bonds is 2. The summed E-state index contributed by atoms with van der Waals surface area (Å²) in [5.41, 5.74) is 5.69. The van der Waals surface area contributed by atoms with Crippen LogP contribution in [0.3, 0.4) is 0 Å². The molecule has 1 aliphatic carbocycles. The smallest absolute Gasteiger partial charge is 0.163 e. The predicted octanol–water partition coefficient (Wildman–Crippen LogP) is 5.37. The number of hydrogen-bond acceptors (Lipinski definition) is 4. The summed E-state index contributed by atoms with van der Waals surface area (Å²) < 4.78 is 0. The first-order valence-electron chi connectivity index (χ1n) is 9.92. The third kappa shape index (κ3) is 3.27. The zero-order valence-electron chi connectivity index (χ0n) is 15.9. The van der Waals surface area contributed by atoms with Gasteiger partial charge in [-0.25, -0.2) is 0 Å². The highest BCUT2D eigenvalue weighted by Crippen LogP contribution is 2.44. The Labute approximate surface area is 169 Å². The van der Waals surface area contributed by atoms with Gasteiger partial charge in [0, 0.05) is 17.7 Å². The number of allylic oxidation sites excluding steroid dienone is 1. The zero-order chi connectivity index (χ0) is 19.8. The lowest BCUT2D eigenvalue weighted by Crippen LogP contribution is -2.26. The van der Waals surface area contributed by atoms with Crippen molar-refractivity contribution in [2.24, 2.45) is 0 Å². The summed E-state index contributed by atoms with van der Waals surface area (Å²) in [6.07, 6.45) is 1.26. The molecule has 144 valence electrons. The minimum atomic E-state index is -0.308. The van der Waals surface area contributed by atoms with Crippen LogP contribution >= 0.6 is 0 Å². The molecule has 0 saturated carbocycles. The van der Waals surface area contributed by atoms with E-state index in [9.17, 15) is 9.90 Å². The molecule has 5 rings (SSSR count). The summed E-state index contributed by atoms with van der Waals surface area (Å²) in [6.45, 7) is 0. The van der Waals surface area contributed by atoms with Crippen molar-refractivity contribution in [1.29, 1.82) is 0 Å². The van der Waals surface area contributed by atoms with Gasteiger partial charge in [-0.3, -0.25) is 4.79 Å². The number of benzene rings is 3. The fourth-order valence-corrected chi connectivity index (χ4v) is 4.41. The summed E-state index contributed by atoms with van der Waals surface area (Å²) in [6, 6.07) is 25.1. The lowest BCUT2D eigenvalue weighted by molar-refractivity contribution is -0.116. The lowest BCUT2D eigenvalue weighted by atomic mass is 9.78. The molecule has 29 heavy (non-hydrogen) atoms. The molecule has 4 heteroatoms. The third-order valence-electron chi connectivity index (χ3n) is 5.78. The number of phenolic OH excluding ortho intramolecular Hbond substituents is 1. The Hall–Kier alpha value is -3.53. The minimum Gasteiger partial charge on any atom is -0.508 e. The molecule has 0 radical (unpaired) electrons. The van der Waals surface area contributed by atoms with Crippen molar-refractivity contribution in [1.82, 2.24) is 0 Å². The summed E-state index contributed by atoms with van der Waals surface area (Å²) in [4.78, 5) is 13.4. The van der Waals surface area contributed by atoms with Gasteiger partial charge in [0.05, 0.1) is 17.4 Å². The van der Waals surface area contributed by atoms with E-state index in [4.69, 9.17) is 0 Å². The highest BCUT2D eigenvalue weighted by Gasteiger charge is 2.36. The molecule has 2 aliphatic rings. The van der Waals surface area contributed by atoms with E-state index in [-0.39, 0.29) is 23.5 Å². The Morgan fingerprint density at radius 2 is 1.52 bits per heavy atom. The van der Waals surface area contributed by atoms with Crippen molar-refractivity contribution in [2.75, 3.05) is 10.6 Å². The van der Waals surface area contributed by atoms with E-state index in [0.717, 1.165) is 34.6 Å². The van der Waals surface area contributed by atoms with Gasteiger partial charge in [-0.05, 0) is 47.7 Å². The van der Waals surface area contributed by atoms with Crippen LogP contribution in [0.2, 0.25) is 0 Å². The predicted molar refractivity (Wildman–Crippen MR) is 115 cm³/mol. The molecule has 1 aliphatic heterocycles. The molecule has 0 spiro atoms. The number of aromatic hydroxyl groups is 1. The number of Topliss-reactive ketones (excluding diaryl/α,β-unsaturated/α-hetero) is 1. The summed E-state index contributed by atoms with van der Waals surface area (Å²) in [5, 5.41) is 17.1. The van der Waals surface area contributed by atoms with Crippen LogP contribution in [0.1, 0.15) is 35.9 Å². The van der Waals surface area contributed by atoms with Gasteiger partial charge in [0.25, 0.3) is 0 Å². The SMILES string of the molecule is O=C1C[C@H](c2ccccc2)CC2=C1[C@H](c1cccc(O)c1)Nc1ccccc1N2. The molecule has 3 aromatic carbocycles. The number of anilines is 2. The Morgan fingerprint density at radius 3 is 2.31 bits per heavy atom. The Kier molecular flexibility index (Phi) is 4.32. The maximum absolute atomic E-state index is 13.4. The molecular formula is C25H22N2O2. The van der Waals surface area contributed by atoms with Crippen LogP contribution in [0, 0.1) is 0 Å². The maximum atomic E-state index is 13.4. The fraction of sp³-hybridized carbons (Fsp3) is 0.160. The normalized spacial score (nSPS) is 20.8. The van der Waals surface area contributed by atoms with E-state index in [1.54, 1.807) is 12.1 Å².